The molecule has 0 aliphatic carbocycles. The number of thiazole rings is 1. The number of rotatable bonds is 5. The van der Waals surface area contributed by atoms with Crippen LogP contribution in [-0.2, 0) is 0 Å². The Morgan fingerprint density at radius 1 is 1.67 bits per heavy atom. The van der Waals surface area contributed by atoms with E-state index in [0.29, 0.717) is 6.04 Å². The second kappa shape index (κ2) is 6.03. The molecule has 0 aliphatic heterocycles. The minimum Gasteiger partial charge on any atom is -0.311 e. The maximum absolute atomic E-state index is 4.43. The summed E-state index contributed by atoms with van der Waals surface area (Å²) in [6, 6.07) is 0.437. The first kappa shape index (κ1) is 12.4. The monoisotopic (exact) mass is 224 g/mol. The number of aromatic nitrogens is 1. The summed E-state index contributed by atoms with van der Waals surface area (Å²) in [5, 5.41) is 6.70. The molecule has 84 valence electrons. The zero-order chi connectivity index (χ0) is 11.3. The van der Waals surface area contributed by atoms with Crippen LogP contribution in [0, 0.1) is 6.92 Å². The van der Waals surface area contributed by atoms with Crippen LogP contribution in [0.2, 0.25) is 0 Å². The van der Waals surface area contributed by atoms with Gasteiger partial charge in [-0.15, -0.1) is 11.3 Å². The third-order valence-electron chi connectivity index (χ3n) is 2.40. The van der Waals surface area contributed by atoms with Gasteiger partial charge in [-0.1, -0.05) is 12.5 Å². The Morgan fingerprint density at radius 3 is 2.93 bits per heavy atom. The summed E-state index contributed by atoms with van der Waals surface area (Å²) in [4.78, 5) is 4.43. The van der Waals surface area contributed by atoms with Crippen molar-refractivity contribution in [1.29, 1.82) is 0 Å². The highest BCUT2D eigenvalue weighted by molar-refractivity contribution is 7.09. The van der Waals surface area contributed by atoms with Gasteiger partial charge in [-0.25, -0.2) is 4.98 Å². The fraction of sp³-hybridized carbons (Fsp3) is 0.583. The molecule has 1 aromatic rings. The van der Waals surface area contributed by atoms with E-state index in [1.165, 1.54) is 12.0 Å². The average molecular weight is 224 g/mol. The lowest BCUT2D eigenvalue weighted by molar-refractivity contribution is 0.604. The van der Waals surface area contributed by atoms with Crippen molar-refractivity contribution in [3.05, 3.63) is 21.7 Å². The molecule has 0 bridgehead atoms. The zero-order valence-corrected chi connectivity index (χ0v) is 10.8. The second-order valence-electron chi connectivity index (χ2n) is 3.86. The average Bonchev–Trinajstić information content (AvgIpc) is 2.60. The van der Waals surface area contributed by atoms with E-state index < -0.39 is 0 Å². The highest BCUT2D eigenvalue weighted by atomic mass is 32.1. The van der Waals surface area contributed by atoms with Gasteiger partial charge in [-0.05, 0) is 39.8 Å². The summed E-state index contributed by atoms with van der Waals surface area (Å²) in [7, 11) is 0. The minimum absolute atomic E-state index is 0.437. The van der Waals surface area contributed by atoms with Crippen LogP contribution in [0.25, 0.3) is 6.08 Å². The Balaban J connectivity index is 2.58. The van der Waals surface area contributed by atoms with E-state index in [2.05, 4.69) is 42.5 Å². The first-order valence-electron chi connectivity index (χ1n) is 5.47. The lowest BCUT2D eigenvalue weighted by atomic mass is 10.1. The van der Waals surface area contributed by atoms with Crippen LogP contribution in [0.1, 0.15) is 37.9 Å². The molecule has 15 heavy (non-hydrogen) atoms. The van der Waals surface area contributed by atoms with Gasteiger partial charge in [-0.2, -0.15) is 0 Å². The van der Waals surface area contributed by atoms with Crippen LogP contribution < -0.4 is 5.32 Å². The van der Waals surface area contributed by atoms with Crippen molar-refractivity contribution in [3.63, 3.8) is 0 Å². The number of hydrogen-bond acceptors (Lipinski definition) is 3. The molecule has 1 N–H and O–H groups in total. The number of nitrogens with one attached hydrogen (secondary N) is 1. The SMILES string of the molecule is CCCNC(C)C(C)=Cc1csc(C)n1. The molecular formula is C12H20N2S. The first-order chi connectivity index (χ1) is 7.13. The number of aryl methyl sites for hydroxylation is 1. The molecule has 0 aromatic carbocycles. The maximum atomic E-state index is 4.43. The van der Waals surface area contributed by atoms with Crippen molar-refractivity contribution in [2.45, 2.75) is 40.2 Å². The lowest BCUT2D eigenvalue weighted by Gasteiger charge is -2.13. The summed E-state index contributed by atoms with van der Waals surface area (Å²) < 4.78 is 0. The van der Waals surface area contributed by atoms with Crippen LogP contribution in [-0.4, -0.2) is 17.6 Å². The largest absolute Gasteiger partial charge is 0.311 e. The molecule has 1 unspecified atom stereocenters. The fourth-order valence-electron chi connectivity index (χ4n) is 1.33. The molecule has 1 atom stereocenters. The van der Waals surface area contributed by atoms with E-state index in [4.69, 9.17) is 0 Å². The highest BCUT2D eigenvalue weighted by Gasteiger charge is 2.03. The van der Waals surface area contributed by atoms with E-state index in [1.807, 2.05) is 6.92 Å². The Kier molecular flexibility index (Phi) is 4.99. The summed E-state index contributed by atoms with van der Waals surface area (Å²) in [5.41, 5.74) is 2.42. The van der Waals surface area contributed by atoms with Crippen LogP contribution in [0.3, 0.4) is 0 Å². The van der Waals surface area contributed by atoms with Gasteiger partial charge >= 0.3 is 0 Å². The fourth-order valence-corrected chi connectivity index (χ4v) is 1.90. The Morgan fingerprint density at radius 2 is 2.40 bits per heavy atom. The van der Waals surface area contributed by atoms with Crippen molar-refractivity contribution >= 4 is 17.4 Å². The molecule has 0 saturated heterocycles. The predicted octanol–water partition coefficient (Wildman–Crippen LogP) is 3.24. The van der Waals surface area contributed by atoms with Gasteiger partial charge in [0.05, 0.1) is 10.7 Å². The Hall–Kier alpha value is -0.670. The molecule has 2 nitrogen and oxygen atoms in total. The van der Waals surface area contributed by atoms with Gasteiger partial charge in [0.1, 0.15) is 0 Å². The maximum Gasteiger partial charge on any atom is 0.0901 e. The number of nitrogens with zero attached hydrogens (tertiary/aromatic N) is 1. The van der Waals surface area contributed by atoms with Gasteiger partial charge in [0.25, 0.3) is 0 Å². The second-order valence-corrected chi connectivity index (χ2v) is 4.92. The van der Waals surface area contributed by atoms with Crippen molar-refractivity contribution in [2.75, 3.05) is 6.54 Å². The molecule has 1 heterocycles. The summed E-state index contributed by atoms with van der Waals surface area (Å²) in [6.45, 7) is 9.64. The smallest absolute Gasteiger partial charge is 0.0901 e. The van der Waals surface area contributed by atoms with Crippen molar-refractivity contribution in [2.24, 2.45) is 0 Å². The van der Waals surface area contributed by atoms with Gasteiger partial charge in [0.2, 0.25) is 0 Å². The van der Waals surface area contributed by atoms with Crippen LogP contribution in [0.15, 0.2) is 11.0 Å². The summed E-state index contributed by atoms with van der Waals surface area (Å²) in [5.74, 6) is 0. The van der Waals surface area contributed by atoms with E-state index in [-0.39, 0.29) is 0 Å². The molecular weight excluding hydrogens is 204 g/mol. The molecule has 3 heteroatoms. The highest BCUT2D eigenvalue weighted by Crippen LogP contribution is 2.13. The summed E-state index contributed by atoms with van der Waals surface area (Å²) >= 11 is 1.70. The minimum atomic E-state index is 0.437. The molecule has 0 fully saturated rings. The van der Waals surface area contributed by atoms with Crippen LogP contribution in [0.4, 0.5) is 0 Å². The van der Waals surface area contributed by atoms with Gasteiger partial charge in [0.15, 0.2) is 0 Å². The van der Waals surface area contributed by atoms with Gasteiger partial charge < -0.3 is 5.32 Å². The summed E-state index contributed by atoms with van der Waals surface area (Å²) in [6.07, 6.45) is 3.34. The van der Waals surface area contributed by atoms with E-state index >= 15 is 0 Å². The molecule has 0 spiro atoms. The quantitative estimate of drug-likeness (QED) is 0.830. The topological polar surface area (TPSA) is 24.9 Å². The Bertz CT molecular complexity index is 328. The normalized spacial score (nSPS) is 14.3. The zero-order valence-electron chi connectivity index (χ0n) is 10.0. The van der Waals surface area contributed by atoms with E-state index in [1.54, 1.807) is 11.3 Å². The molecule has 0 radical (unpaired) electrons. The first-order valence-corrected chi connectivity index (χ1v) is 6.35. The van der Waals surface area contributed by atoms with Crippen LogP contribution >= 0.6 is 11.3 Å². The lowest BCUT2D eigenvalue weighted by Crippen LogP contribution is -2.27. The predicted molar refractivity (Wildman–Crippen MR) is 68.3 cm³/mol. The molecule has 1 rings (SSSR count). The van der Waals surface area contributed by atoms with Crippen molar-refractivity contribution in [3.8, 4) is 0 Å². The van der Waals surface area contributed by atoms with Gasteiger partial charge in [0, 0.05) is 11.4 Å². The van der Waals surface area contributed by atoms with Crippen molar-refractivity contribution in [1.82, 2.24) is 10.3 Å². The van der Waals surface area contributed by atoms with E-state index in [9.17, 15) is 0 Å². The third-order valence-corrected chi connectivity index (χ3v) is 3.19. The molecule has 1 aromatic heterocycles. The third kappa shape index (κ3) is 4.14. The van der Waals surface area contributed by atoms with Crippen LogP contribution in [0.5, 0.6) is 0 Å². The molecule has 0 aliphatic rings. The van der Waals surface area contributed by atoms with Gasteiger partial charge in [-0.3, -0.25) is 0 Å². The molecule has 0 amide bonds. The number of hydrogen-bond donors (Lipinski definition) is 1. The van der Waals surface area contributed by atoms with Crippen molar-refractivity contribution < 1.29 is 0 Å². The standard InChI is InChI=1S/C12H20N2S/c1-5-6-13-10(3)9(2)7-12-8-15-11(4)14-12/h7-8,10,13H,5-6H2,1-4H3. The Labute approximate surface area is 96.4 Å². The molecule has 0 saturated carbocycles. The van der Waals surface area contributed by atoms with E-state index in [0.717, 1.165) is 17.2 Å².